The number of carbonyl (C=O) groups excluding carboxylic acids is 2. The van der Waals surface area contributed by atoms with E-state index in [0.29, 0.717) is 11.3 Å². The minimum atomic E-state index is -0.505. The fraction of sp³-hybridized carbons (Fsp3) is 0.310. The van der Waals surface area contributed by atoms with Crippen LogP contribution in [-0.2, 0) is 11.3 Å². The highest BCUT2D eigenvalue weighted by Gasteiger charge is 2.21. The van der Waals surface area contributed by atoms with Gasteiger partial charge in [-0.2, -0.15) is 0 Å². The minimum absolute atomic E-state index is 0.0912. The van der Waals surface area contributed by atoms with Gasteiger partial charge < -0.3 is 15.5 Å². The van der Waals surface area contributed by atoms with Gasteiger partial charge in [0.1, 0.15) is 0 Å². The van der Waals surface area contributed by atoms with E-state index in [2.05, 4.69) is 62.9 Å². The molecular formula is C29H34N4O2. The Labute approximate surface area is 207 Å². The van der Waals surface area contributed by atoms with Crippen LogP contribution in [0.5, 0.6) is 0 Å². The molecule has 1 aliphatic heterocycles. The summed E-state index contributed by atoms with van der Waals surface area (Å²) in [5, 5.41) is 5.83. The summed E-state index contributed by atoms with van der Waals surface area (Å²) in [4.78, 5) is 29.9. The van der Waals surface area contributed by atoms with Crippen molar-refractivity contribution in [2.24, 2.45) is 5.41 Å². The van der Waals surface area contributed by atoms with Crippen LogP contribution in [0.2, 0.25) is 0 Å². The molecule has 35 heavy (non-hydrogen) atoms. The average molecular weight is 471 g/mol. The number of piperazine rings is 1. The first-order valence-corrected chi connectivity index (χ1v) is 12.1. The predicted molar refractivity (Wildman–Crippen MR) is 143 cm³/mol. The molecular weight excluding hydrogens is 436 g/mol. The molecule has 0 aromatic heterocycles. The fourth-order valence-electron chi connectivity index (χ4n) is 4.02. The summed E-state index contributed by atoms with van der Waals surface area (Å²) < 4.78 is 0. The second-order valence-corrected chi connectivity index (χ2v) is 10.0. The second-order valence-electron chi connectivity index (χ2n) is 10.0. The summed E-state index contributed by atoms with van der Waals surface area (Å²) >= 11 is 0. The Morgan fingerprint density at radius 2 is 1.46 bits per heavy atom. The lowest BCUT2D eigenvalue weighted by Gasteiger charge is -2.36. The molecule has 0 spiro atoms. The van der Waals surface area contributed by atoms with E-state index < -0.39 is 5.41 Å². The number of anilines is 3. The third-order valence-corrected chi connectivity index (χ3v) is 6.18. The van der Waals surface area contributed by atoms with Gasteiger partial charge in [0.15, 0.2) is 0 Å². The lowest BCUT2D eigenvalue weighted by atomic mass is 9.95. The van der Waals surface area contributed by atoms with Crippen LogP contribution in [0.1, 0.15) is 36.7 Å². The normalized spacial score (nSPS) is 14.4. The Bertz CT molecular complexity index is 1150. The molecule has 0 radical (unpaired) electrons. The number of hydrogen-bond acceptors (Lipinski definition) is 4. The Kier molecular flexibility index (Phi) is 7.51. The fourth-order valence-corrected chi connectivity index (χ4v) is 4.02. The summed E-state index contributed by atoms with van der Waals surface area (Å²) in [6, 6.07) is 25.6. The van der Waals surface area contributed by atoms with Crippen molar-refractivity contribution in [2.75, 3.05) is 41.7 Å². The molecule has 6 heteroatoms. The quantitative estimate of drug-likeness (QED) is 0.517. The molecule has 0 saturated carbocycles. The molecule has 2 N–H and O–H groups in total. The van der Waals surface area contributed by atoms with Crippen LogP contribution in [0, 0.1) is 5.41 Å². The van der Waals surface area contributed by atoms with Crippen molar-refractivity contribution in [3.8, 4) is 0 Å². The SMILES string of the molecule is CC(C)(C)C(=O)Nc1cccc(C(=O)Nc2ccc(N3CCN(Cc4ccccc4)CC3)cc2)c1. The second kappa shape index (κ2) is 10.7. The largest absolute Gasteiger partial charge is 0.369 e. The van der Waals surface area contributed by atoms with Crippen LogP contribution in [0.4, 0.5) is 17.1 Å². The van der Waals surface area contributed by atoms with Crippen molar-refractivity contribution in [3.05, 3.63) is 90.0 Å². The smallest absolute Gasteiger partial charge is 0.255 e. The van der Waals surface area contributed by atoms with E-state index >= 15 is 0 Å². The Hall–Kier alpha value is -3.64. The minimum Gasteiger partial charge on any atom is -0.369 e. The van der Waals surface area contributed by atoms with E-state index in [1.165, 1.54) is 5.56 Å². The van der Waals surface area contributed by atoms with E-state index in [1.807, 2.05) is 32.9 Å². The van der Waals surface area contributed by atoms with Crippen LogP contribution in [-0.4, -0.2) is 42.9 Å². The van der Waals surface area contributed by atoms with Crippen LogP contribution in [0.15, 0.2) is 78.9 Å². The molecule has 0 atom stereocenters. The van der Waals surface area contributed by atoms with E-state index in [0.717, 1.165) is 44.1 Å². The molecule has 3 aromatic rings. The highest BCUT2D eigenvalue weighted by molar-refractivity contribution is 6.05. The highest BCUT2D eigenvalue weighted by atomic mass is 16.2. The summed E-state index contributed by atoms with van der Waals surface area (Å²) in [5.74, 6) is -0.300. The maximum atomic E-state index is 12.8. The Balaban J connectivity index is 1.30. The summed E-state index contributed by atoms with van der Waals surface area (Å²) in [6.45, 7) is 10.6. The molecule has 0 unspecified atom stereocenters. The summed E-state index contributed by atoms with van der Waals surface area (Å²) in [5.41, 5.74) is 3.85. The number of carbonyl (C=O) groups is 2. The van der Waals surface area contributed by atoms with Gasteiger partial charge in [0.2, 0.25) is 5.91 Å². The lowest BCUT2D eigenvalue weighted by Crippen LogP contribution is -2.45. The Morgan fingerprint density at radius 3 is 2.11 bits per heavy atom. The van der Waals surface area contributed by atoms with Gasteiger partial charge in [-0.05, 0) is 48.0 Å². The molecule has 1 fully saturated rings. The van der Waals surface area contributed by atoms with Gasteiger partial charge in [-0.25, -0.2) is 0 Å². The van der Waals surface area contributed by atoms with Gasteiger partial charge in [0.25, 0.3) is 5.91 Å². The molecule has 1 aliphatic rings. The molecule has 182 valence electrons. The maximum Gasteiger partial charge on any atom is 0.255 e. The van der Waals surface area contributed by atoms with Crippen molar-refractivity contribution in [2.45, 2.75) is 27.3 Å². The van der Waals surface area contributed by atoms with Crippen molar-refractivity contribution in [3.63, 3.8) is 0 Å². The van der Waals surface area contributed by atoms with Crippen LogP contribution in [0.3, 0.4) is 0 Å². The first kappa shape index (κ1) is 24.5. The zero-order valence-corrected chi connectivity index (χ0v) is 20.8. The van der Waals surface area contributed by atoms with Crippen molar-refractivity contribution in [1.82, 2.24) is 4.90 Å². The predicted octanol–water partition coefficient (Wildman–Crippen LogP) is 5.25. The third kappa shape index (κ3) is 6.70. The molecule has 0 aliphatic carbocycles. The molecule has 3 aromatic carbocycles. The van der Waals surface area contributed by atoms with Crippen LogP contribution >= 0.6 is 0 Å². The topological polar surface area (TPSA) is 64.7 Å². The zero-order chi connectivity index (χ0) is 24.8. The first-order chi connectivity index (χ1) is 16.8. The Morgan fingerprint density at radius 1 is 0.771 bits per heavy atom. The molecule has 4 rings (SSSR count). The molecule has 6 nitrogen and oxygen atoms in total. The molecule has 2 amide bonds. The number of amides is 2. The number of rotatable bonds is 6. The summed E-state index contributed by atoms with van der Waals surface area (Å²) in [6.07, 6.45) is 0. The standard InChI is InChI=1S/C29H34N4O2/c1-29(2,3)28(35)31-25-11-7-10-23(20-25)27(34)30-24-12-14-26(15-13-24)33-18-16-32(17-19-33)21-22-8-5-4-6-9-22/h4-15,20H,16-19,21H2,1-3H3,(H,30,34)(H,31,35). The van der Waals surface area contributed by atoms with Gasteiger partial charge in [0, 0.05) is 60.8 Å². The van der Waals surface area contributed by atoms with Crippen molar-refractivity contribution < 1.29 is 9.59 Å². The van der Waals surface area contributed by atoms with Crippen molar-refractivity contribution in [1.29, 1.82) is 0 Å². The van der Waals surface area contributed by atoms with E-state index in [9.17, 15) is 9.59 Å². The molecule has 1 heterocycles. The van der Waals surface area contributed by atoms with E-state index in [4.69, 9.17) is 0 Å². The van der Waals surface area contributed by atoms with Gasteiger partial charge in [-0.15, -0.1) is 0 Å². The number of benzene rings is 3. The number of nitrogens with one attached hydrogen (secondary N) is 2. The number of hydrogen-bond donors (Lipinski definition) is 2. The lowest BCUT2D eigenvalue weighted by molar-refractivity contribution is -0.123. The van der Waals surface area contributed by atoms with Gasteiger partial charge in [0.05, 0.1) is 0 Å². The maximum absolute atomic E-state index is 12.8. The first-order valence-electron chi connectivity index (χ1n) is 12.1. The van der Waals surface area contributed by atoms with Crippen LogP contribution in [0.25, 0.3) is 0 Å². The van der Waals surface area contributed by atoms with Gasteiger partial charge in [-0.3, -0.25) is 14.5 Å². The highest BCUT2D eigenvalue weighted by Crippen LogP contribution is 2.22. The average Bonchev–Trinajstić information content (AvgIpc) is 2.85. The third-order valence-electron chi connectivity index (χ3n) is 6.18. The monoisotopic (exact) mass is 470 g/mol. The van der Waals surface area contributed by atoms with E-state index in [-0.39, 0.29) is 11.8 Å². The van der Waals surface area contributed by atoms with Gasteiger partial charge >= 0.3 is 0 Å². The molecule has 1 saturated heterocycles. The zero-order valence-electron chi connectivity index (χ0n) is 20.8. The number of nitrogens with zero attached hydrogens (tertiary/aromatic N) is 2. The van der Waals surface area contributed by atoms with Gasteiger partial charge in [-0.1, -0.05) is 57.2 Å². The molecule has 0 bridgehead atoms. The van der Waals surface area contributed by atoms with E-state index in [1.54, 1.807) is 24.3 Å². The van der Waals surface area contributed by atoms with Crippen molar-refractivity contribution >= 4 is 28.9 Å². The van der Waals surface area contributed by atoms with Crippen LogP contribution < -0.4 is 15.5 Å². The summed E-state index contributed by atoms with van der Waals surface area (Å²) in [7, 11) is 0.